The molecule has 0 aliphatic carbocycles. The van der Waals surface area contributed by atoms with Crippen LogP contribution in [0, 0.1) is 12.7 Å². The zero-order chi connectivity index (χ0) is 30.6. The van der Waals surface area contributed by atoms with Gasteiger partial charge in [0.1, 0.15) is 11.6 Å². The van der Waals surface area contributed by atoms with Gasteiger partial charge in [-0.2, -0.15) is 0 Å². The first kappa shape index (κ1) is 29.6. The molecule has 0 spiro atoms. The van der Waals surface area contributed by atoms with Gasteiger partial charge in [0, 0.05) is 55.9 Å². The van der Waals surface area contributed by atoms with Crippen molar-refractivity contribution in [2.45, 2.75) is 45.3 Å². The molecule has 3 aromatic carbocycles. The van der Waals surface area contributed by atoms with Crippen LogP contribution in [0.25, 0.3) is 10.9 Å². The first-order valence-electron chi connectivity index (χ1n) is 15.3. The van der Waals surface area contributed by atoms with Crippen LogP contribution in [0.4, 0.5) is 20.7 Å². The highest BCUT2D eigenvalue weighted by molar-refractivity contribution is 5.94. The van der Waals surface area contributed by atoms with Crippen LogP contribution < -0.4 is 15.1 Å². The number of hydrogen-bond acceptors (Lipinski definition) is 5. The van der Waals surface area contributed by atoms with Crippen molar-refractivity contribution in [3.05, 3.63) is 101 Å². The van der Waals surface area contributed by atoms with E-state index in [0.29, 0.717) is 39.1 Å². The maximum atomic E-state index is 14.0. The van der Waals surface area contributed by atoms with Crippen molar-refractivity contribution < 1.29 is 19.1 Å². The monoisotopic (exact) mass is 595 g/mol. The largest absolute Gasteiger partial charge is 0.391 e. The number of β-amino-alcohol motifs (C(OH)–C–C–N with tert-alkyl or cyclic N) is 1. The van der Waals surface area contributed by atoms with Gasteiger partial charge in [0.15, 0.2) is 0 Å². The van der Waals surface area contributed by atoms with Crippen LogP contribution in [-0.2, 0) is 24.2 Å². The number of anilines is 2. The van der Waals surface area contributed by atoms with E-state index in [-0.39, 0.29) is 24.2 Å². The fourth-order valence-corrected chi connectivity index (χ4v) is 6.13. The number of fused-ring (bicyclic) bond motifs is 1. The van der Waals surface area contributed by atoms with Crippen molar-refractivity contribution in [2.75, 3.05) is 42.5 Å². The molecule has 44 heavy (non-hydrogen) atoms. The molecular formula is C35H38FN5O3. The van der Waals surface area contributed by atoms with Crippen LogP contribution in [0.2, 0.25) is 0 Å². The van der Waals surface area contributed by atoms with Gasteiger partial charge in [-0.1, -0.05) is 42.5 Å². The zero-order valence-electron chi connectivity index (χ0n) is 25.0. The lowest BCUT2D eigenvalue weighted by molar-refractivity contribution is -0.131. The molecule has 2 fully saturated rings. The number of carbonyl (C=O) groups is 2. The Morgan fingerprint density at radius 3 is 2.57 bits per heavy atom. The Balaban J connectivity index is 1.29. The maximum absolute atomic E-state index is 14.0. The van der Waals surface area contributed by atoms with Crippen LogP contribution in [0.5, 0.6) is 0 Å². The predicted octanol–water partition coefficient (Wildman–Crippen LogP) is 4.99. The Hall–Kier alpha value is -4.50. The van der Waals surface area contributed by atoms with Crippen molar-refractivity contribution in [3.8, 4) is 0 Å². The summed E-state index contributed by atoms with van der Waals surface area (Å²) in [6, 6.07) is 22.1. The van der Waals surface area contributed by atoms with E-state index in [9.17, 15) is 19.1 Å². The van der Waals surface area contributed by atoms with E-state index in [2.05, 4.69) is 16.3 Å². The Labute approximate surface area is 257 Å². The number of pyridine rings is 1. The number of aromatic nitrogens is 1. The SMILES string of the molecule is Cc1cccc2cc(CN(CCc3ccc(F)cc3)C(=O)Cc3ccc(N4CCNC4=O)cc3)c(N3CCC[C@H](O)C3)nc12. The fourth-order valence-electron chi connectivity index (χ4n) is 6.13. The minimum Gasteiger partial charge on any atom is -0.391 e. The first-order valence-corrected chi connectivity index (χ1v) is 15.3. The number of aryl methyl sites for hydroxylation is 1. The number of halogens is 1. The zero-order valence-corrected chi connectivity index (χ0v) is 25.0. The molecule has 6 rings (SSSR count). The van der Waals surface area contributed by atoms with E-state index in [1.807, 2.05) is 54.3 Å². The second-order valence-electron chi connectivity index (χ2n) is 11.8. The Morgan fingerprint density at radius 2 is 1.84 bits per heavy atom. The average molecular weight is 596 g/mol. The second kappa shape index (κ2) is 13.0. The number of aliphatic hydroxyl groups excluding tert-OH is 1. The quantitative estimate of drug-likeness (QED) is 0.285. The molecule has 3 amide bonds. The number of aliphatic hydroxyl groups is 1. The molecule has 0 radical (unpaired) electrons. The number of hydrogen-bond donors (Lipinski definition) is 2. The van der Waals surface area contributed by atoms with Crippen LogP contribution in [0.1, 0.15) is 35.1 Å². The van der Waals surface area contributed by atoms with Gasteiger partial charge < -0.3 is 20.2 Å². The van der Waals surface area contributed by atoms with Crippen molar-refractivity contribution in [3.63, 3.8) is 0 Å². The van der Waals surface area contributed by atoms with Gasteiger partial charge >= 0.3 is 6.03 Å². The highest BCUT2D eigenvalue weighted by atomic mass is 19.1. The minimum absolute atomic E-state index is 0.0345. The third-order valence-corrected chi connectivity index (χ3v) is 8.56. The number of urea groups is 1. The van der Waals surface area contributed by atoms with E-state index < -0.39 is 6.10 Å². The van der Waals surface area contributed by atoms with E-state index in [1.165, 1.54) is 12.1 Å². The number of amides is 3. The Morgan fingerprint density at radius 1 is 1.07 bits per heavy atom. The predicted molar refractivity (Wildman–Crippen MR) is 170 cm³/mol. The summed E-state index contributed by atoms with van der Waals surface area (Å²) in [7, 11) is 0. The molecule has 4 aromatic rings. The molecule has 2 saturated heterocycles. The van der Waals surface area contributed by atoms with Gasteiger partial charge in [-0.25, -0.2) is 14.2 Å². The van der Waals surface area contributed by atoms with Crippen molar-refractivity contribution in [1.82, 2.24) is 15.2 Å². The fraction of sp³-hybridized carbons (Fsp3) is 0.343. The van der Waals surface area contributed by atoms with Crippen LogP contribution in [-0.4, -0.2) is 65.8 Å². The minimum atomic E-state index is -0.420. The molecule has 0 saturated carbocycles. The second-order valence-corrected chi connectivity index (χ2v) is 11.8. The van der Waals surface area contributed by atoms with E-state index in [4.69, 9.17) is 4.98 Å². The summed E-state index contributed by atoms with van der Waals surface area (Å²) in [5.74, 6) is 0.480. The lowest BCUT2D eigenvalue weighted by atomic mass is 10.0. The lowest BCUT2D eigenvalue weighted by Gasteiger charge is -2.34. The standard InChI is InChI=1S/C35H38FN5O3/c1-24-4-2-5-27-21-28(34(38-33(24)27)40-17-3-6-31(42)23-40)22-39(18-15-25-7-11-29(36)12-8-25)32(43)20-26-9-13-30(14-10-26)41-19-16-37-35(41)44/h2,4-5,7-14,21,31,42H,3,6,15-20,22-23H2,1H3,(H,37,44)/t31-/m0/s1. The number of rotatable bonds is 9. The van der Waals surface area contributed by atoms with Gasteiger partial charge in [0.05, 0.1) is 18.0 Å². The summed E-state index contributed by atoms with van der Waals surface area (Å²) in [6.45, 7) is 5.37. The normalized spacial score (nSPS) is 16.8. The highest BCUT2D eigenvalue weighted by Gasteiger charge is 2.25. The summed E-state index contributed by atoms with van der Waals surface area (Å²) in [6.07, 6.45) is 2.00. The molecule has 228 valence electrons. The van der Waals surface area contributed by atoms with Crippen molar-refractivity contribution in [2.24, 2.45) is 0 Å². The van der Waals surface area contributed by atoms with E-state index >= 15 is 0 Å². The molecular weight excluding hydrogens is 557 g/mol. The van der Waals surface area contributed by atoms with Gasteiger partial charge in [-0.05, 0) is 73.2 Å². The van der Waals surface area contributed by atoms with Gasteiger partial charge in [0.2, 0.25) is 5.91 Å². The number of piperidine rings is 1. The molecule has 1 aromatic heterocycles. The molecule has 2 aliphatic heterocycles. The molecule has 9 heteroatoms. The maximum Gasteiger partial charge on any atom is 0.321 e. The topological polar surface area (TPSA) is 89.0 Å². The average Bonchev–Trinajstić information content (AvgIpc) is 3.46. The number of nitrogens with one attached hydrogen (secondary N) is 1. The Bertz CT molecular complexity index is 1640. The van der Waals surface area contributed by atoms with Gasteiger partial charge in [-0.3, -0.25) is 9.69 Å². The number of carbonyl (C=O) groups excluding carboxylic acids is 2. The number of benzene rings is 3. The van der Waals surface area contributed by atoms with Crippen LogP contribution in [0.15, 0.2) is 72.8 Å². The van der Waals surface area contributed by atoms with Crippen LogP contribution >= 0.6 is 0 Å². The molecule has 0 bridgehead atoms. The van der Waals surface area contributed by atoms with Crippen LogP contribution in [0.3, 0.4) is 0 Å². The summed E-state index contributed by atoms with van der Waals surface area (Å²) in [5, 5.41) is 14.3. The summed E-state index contributed by atoms with van der Waals surface area (Å²) in [4.78, 5) is 36.8. The molecule has 2 aliphatic rings. The number of para-hydroxylation sites is 1. The third kappa shape index (κ3) is 6.68. The van der Waals surface area contributed by atoms with Gasteiger partial charge in [-0.15, -0.1) is 0 Å². The lowest BCUT2D eigenvalue weighted by Crippen LogP contribution is -2.40. The summed E-state index contributed by atoms with van der Waals surface area (Å²) in [5.41, 5.74) is 5.53. The molecule has 0 unspecified atom stereocenters. The van der Waals surface area contributed by atoms with E-state index in [1.54, 1.807) is 17.0 Å². The molecule has 3 heterocycles. The van der Waals surface area contributed by atoms with Crippen molar-refractivity contribution >= 4 is 34.3 Å². The molecule has 8 nitrogen and oxygen atoms in total. The smallest absolute Gasteiger partial charge is 0.321 e. The summed E-state index contributed by atoms with van der Waals surface area (Å²) >= 11 is 0. The molecule has 1 atom stereocenters. The van der Waals surface area contributed by atoms with E-state index in [0.717, 1.165) is 64.0 Å². The summed E-state index contributed by atoms with van der Waals surface area (Å²) < 4.78 is 13.6. The highest BCUT2D eigenvalue weighted by Crippen LogP contribution is 2.29. The van der Waals surface area contributed by atoms with Gasteiger partial charge in [0.25, 0.3) is 0 Å². The first-order chi connectivity index (χ1) is 21.3. The Kier molecular flexibility index (Phi) is 8.74. The van der Waals surface area contributed by atoms with Crippen molar-refractivity contribution in [1.29, 1.82) is 0 Å². The third-order valence-electron chi connectivity index (χ3n) is 8.56. The number of nitrogens with zero attached hydrogens (tertiary/aromatic N) is 4. The molecule has 2 N–H and O–H groups in total.